The predicted octanol–water partition coefficient (Wildman–Crippen LogP) is 2.71. The maximum Gasteiger partial charge on any atom is 0.0833 e. The van der Waals surface area contributed by atoms with Crippen molar-refractivity contribution in [3.05, 3.63) is 39.2 Å². The monoisotopic (exact) mass is 319 g/mol. The molecule has 0 aliphatic carbocycles. The van der Waals surface area contributed by atoms with E-state index < -0.39 is 0 Å². The molecule has 2 aromatic rings. The van der Waals surface area contributed by atoms with Crippen LogP contribution in [0.25, 0.3) is 5.69 Å². The minimum Gasteiger partial charge on any atom is -0.399 e. The van der Waals surface area contributed by atoms with Crippen LogP contribution in [0.1, 0.15) is 0 Å². The lowest BCUT2D eigenvalue weighted by molar-refractivity contribution is 0.881. The molecule has 0 fully saturated rings. The molecule has 0 saturated carbocycles. The van der Waals surface area contributed by atoms with Crippen LogP contribution in [0.15, 0.2) is 30.6 Å². The average Bonchev–Trinajstić information content (AvgIpc) is 2.51. The van der Waals surface area contributed by atoms with E-state index in [1.54, 1.807) is 23.0 Å². The summed E-state index contributed by atoms with van der Waals surface area (Å²) in [5.74, 6) is 0. The molecule has 0 spiro atoms. The van der Waals surface area contributed by atoms with Gasteiger partial charge in [-0.3, -0.25) is 0 Å². The van der Waals surface area contributed by atoms with E-state index in [4.69, 9.17) is 17.3 Å². The fraction of sp³-hybridized carbons (Fsp3) is 0. The predicted molar refractivity (Wildman–Crippen MR) is 65.7 cm³/mol. The Kier molecular flexibility index (Phi) is 2.64. The van der Waals surface area contributed by atoms with E-state index in [-0.39, 0.29) is 0 Å². The molecule has 72 valence electrons. The number of halogens is 2. The smallest absolute Gasteiger partial charge is 0.0833 e. The molecule has 0 radical (unpaired) electrons. The van der Waals surface area contributed by atoms with Gasteiger partial charge in [0.1, 0.15) is 0 Å². The Balaban J connectivity index is 2.52. The summed E-state index contributed by atoms with van der Waals surface area (Å²) in [4.78, 5) is 0. The Bertz CT molecular complexity index is 467. The molecule has 0 aliphatic heterocycles. The van der Waals surface area contributed by atoms with Crippen LogP contribution in [0, 0.1) is 3.57 Å². The molecule has 5 heteroatoms. The van der Waals surface area contributed by atoms with Crippen molar-refractivity contribution in [2.45, 2.75) is 0 Å². The van der Waals surface area contributed by atoms with Gasteiger partial charge < -0.3 is 5.73 Å². The van der Waals surface area contributed by atoms with Crippen LogP contribution in [0.5, 0.6) is 0 Å². The van der Waals surface area contributed by atoms with Gasteiger partial charge in [0, 0.05) is 11.9 Å². The fourth-order valence-electron chi connectivity index (χ4n) is 1.14. The van der Waals surface area contributed by atoms with Crippen molar-refractivity contribution in [2.75, 3.05) is 5.73 Å². The van der Waals surface area contributed by atoms with Crippen molar-refractivity contribution in [1.29, 1.82) is 0 Å². The minimum atomic E-state index is 0.601. The second-order valence-corrected chi connectivity index (χ2v) is 4.47. The van der Waals surface area contributed by atoms with Gasteiger partial charge >= 0.3 is 0 Å². The van der Waals surface area contributed by atoms with Crippen molar-refractivity contribution >= 4 is 39.9 Å². The van der Waals surface area contributed by atoms with Crippen LogP contribution < -0.4 is 5.73 Å². The van der Waals surface area contributed by atoms with Gasteiger partial charge in [0.25, 0.3) is 0 Å². The number of aromatic nitrogens is 2. The lowest BCUT2D eigenvalue weighted by atomic mass is 10.3. The third-order valence-corrected chi connectivity index (χ3v) is 2.63. The van der Waals surface area contributed by atoms with Crippen molar-refractivity contribution in [2.24, 2.45) is 0 Å². The van der Waals surface area contributed by atoms with Gasteiger partial charge in [-0.2, -0.15) is 5.10 Å². The first kappa shape index (κ1) is 9.79. The van der Waals surface area contributed by atoms with E-state index in [9.17, 15) is 0 Å². The highest BCUT2D eigenvalue weighted by molar-refractivity contribution is 14.1. The average molecular weight is 320 g/mol. The standard InChI is InChI=1S/C9H7ClIN3/c10-8-3-7(12)1-2-9(8)14-5-6(11)4-13-14/h1-5H,12H2. The van der Waals surface area contributed by atoms with Crippen molar-refractivity contribution < 1.29 is 0 Å². The minimum absolute atomic E-state index is 0.601. The number of benzene rings is 1. The second kappa shape index (κ2) is 3.78. The third kappa shape index (κ3) is 1.85. The molecule has 1 heterocycles. The number of hydrogen-bond donors (Lipinski definition) is 1. The van der Waals surface area contributed by atoms with Crippen LogP contribution in [0.4, 0.5) is 5.69 Å². The number of hydrogen-bond acceptors (Lipinski definition) is 2. The Morgan fingerprint density at radius 2 is 2.21 bits per heavy atom. The third-order valence-electron chi connectivity index (χ3n) is 1.77. The molecule has 0 atom stereocenters. The molecule has 1 aromatic carbocycles. The second-order valence-electron chi connectivity index (χ2n) is 2.81. The number of anilines is 1. The molecule has 3 nitrogen and oxygen atoms in total. The lowest BCUT2D eigenvalue weighted by Gasteiger charge is -2.04. The van der Waals surface area contributed by atoms with E-state index in [2.05, 4.69) is 27.7 Å². The topological polar surface area (TPSA) is 43.8 Å². The van der Waals surface area contributed by atoms with E-state index in [1.807, 2.05) is 12.3 Å². The summed E-state index contributed by atoms with van der Waals surface area (Å²) in [6, 6.07) is 5.36. The molecule has 0 aliphatic rings. The van der Waals surface area contributed by atoms with Crippen molar-refractivity contribution in [3.8, 4) is 5.69 Å². The Labute approximate surface area is 100 Å². The van der Waals surface area contributed by atoms with Crippen molar-refractivity contribution in [1.82, 2.24) is 9.78 Å². The first-order chi connectivity index (χ1) is 6.66. The Hall–Kier alpha value is -0.750. The van der Waals surface area contributed by atoms with Crippen LogP contribution in [0.3, 0.4) is 0 Å². The SMILES string of the molecule is Nc1ccc(-n2cc(I)cn2)c(Cl)c1. The van der Waals surface area contributed by atoms with E-state index in [0.717, 1.165) is 9.26 Å². The van der Waals surface area contributed by atoms with Gasteiger partial charge in [0.2, 0.25) is 0 Å². The van der Waals surface area contributed by atoms with E-state index >= 15 is 0 Å². The summed E-state index contributed by atoms with van der Waals surface area (Å²) in [7, 11) is 0. The number of nitrogens with two attached hydrogens (primary N) is 1. The first-order valence-electron chi connectivity index (χ1n) is 3.92. The maximum absolute atomic E-state index is 6.03. The summed E-state index contributed by atoms with van der Waals surface area (Å²) in [6.45, 7) is 0. The van der Waals surface area contributed by atoms with Gasteiger partial charge in [-0.25, -0.2) is 4.68 Å². The van der Waals surface area contributed by atoms with Crippen LogP contribution in [-0.2, 0) is 0 Å². The number of nitrogens with zero attached hydrogens (tertiary/aromatic N) is 2. The van der Waals surface area contributed by atoms with Gasteiger partial charge in [0.05, 0.1) is 20.5 Å². The zero-order valence-electron chi connectivity index (χ0n) is 7.11. The summed E-state index contributed by atoms with van der Waals surface area (Å²) >= 11 is 8.22. The van der Waals surface area contributed by atoms with E-state index in [1.165, 1.54) is 0 Å². The van der Waals surface area contributed by atoms with Gasteiger partial charge in [0.15, 0.2) is 0 Å². The van der Waals surface area contributed by atoms with Crippen LogP contribution >= 0.6 is 34.2 Å². The summed E-state index contributed by atoms with van der Waals surface area (Å²) < 4.78 is 2.79. The normalized spacial score (nSPS) is 10.4. The molecule has 0 amide bonds. The highest BCUT2D eigenvalue weighted by Gasteiger charge is 2.03. The molecular weight excluding hydrogens is 312 g/mol. The molecule has 1 aromatic heterocycles. The number of nitrogen functional groups attached to an aromatic ring is 1. The summed E-state index contributed by atoms with van der Waals surface area (Å²) in [5, 5.41) is 4.76. The molecule has 2 rings (SSSR count). The fourth-order valence-corrected chi connectivity index (χ4v) is 1.81. The van der Waals surface area contributed by atoms with Crippen molar-refractivity contribution in [3.63, 3.8) is 0 Å². The van der Waals surface area contributed by atoms with E-state index in [0.29, 0.717) is 10.7 Å². The summed E-state index contributed by atoms with van der Waals surface area (Å²) in [6.07, 6.45) is 3.67. The number of rotatable bonds is 1. The lowest BCUT2D eigenvalue weighted by Crippen LogP contribution is -1.96. The van der Waals surface area contributed by atoms with Crippen LogP contribution in [-0.4, -0.2) is 9.78 Å². The highest BCUT2D eigenvalue weighted by atomic mass is 127. The molecule has 0 saturated heterocycles. The molecule has 14 heavy (non-hydrogen) atoms. The molecule has 0 unspecified atom stereocenters. The first-order valence-corrected chi connectivity index (χ1v) is 5.38. The Morgan fingerprint density at radius 1 is 1.43 bits per heavy atom. The zero-order valence-corrected chi connectivity index (χ0v) is 10.0. The Morgan fingerprint density at radius 3 is 2.79 bits per heavy atom. The summed E-state index contributed by atoms with van der Waals surface area (Å²) in [5.41, 5.74) is 7.09. The molecule has 2 N–H and O–H groups in total. The van der Waals surface area contributed by atoms with Gasteiger partial charge in [-0.15, -0.1) is 0 Å². The van der Waals surface area contributed by atoms with Gasteiger partial charge in [-0.1, -0.05) is 11.6 Å². The van der Waals surface area contributed by atoms with Crippen LogP contribution in [0.2, 0.25) is 5.02 Å². The highest BCUT2D eigenvalue weighted by Crippen LogP contribution is 2.22. The van der Waals surface area contributed by atoms with Gasteiger partial charge in [-0.05, 0) is 40.8 Å². The zero-order chi connectivity index (χ0) is 10.1. The maximum atomic E-state index is 6.03. The quantitative estimate of drug-likeness (QED) is 0.649. The molecule has 0 bridgehead atoms. The largest absolute Gasteiger partial charge is 0.399 e. The molecular formula is C9H7ClIN3.